The van der Waals surface area contributed by atoms with Gasteiger partial charge in [0.1, 0.15) is 16.9 Å². The van der Waals surface area contributed by atoms with Gasteiger partial charge in [-0.1, -0.05) is 0 Å². The van der Waals surface area contributed by atoms with Crippen LogP contribution in [0.15, 0.2) is 45.7 Å². The van der Waals surface area contributed by atoms with Gasteiger partial charge in [0.2, 0.25) is 5.89 Å². The molecular formula is C15H12N2O4. The second-order valence-electron chi connectivity index (χ2n) is 4.25. The molecule has 0 aliphatic carbocycles. The van der Waals surface area contributed by atoms with E-state index >= 15 is 0 Å². The monoisotopic (exact) mass is 284 g/mol. The predicted molar refractivity (Wildman–Crippen MR) is 76.6 cm³/mol. The van der Waals surface area contributed by atoms with Crippen molar-refractivity contribution in [3.05, 3.63) is 46.9 Å². The van der Waals surface area contributed by atoms with Crippen molar-refractivity contribution in [1.82, 2.24) is 9.97 Å². The molecule has 0 bridgehead atoms. The van der Waals surface area contributed by atoms with Crippen LogP contribution in [0.4, 0.5) is 0 Å². The first-order valence-corrected chi connectivity index (χ1v) is 6.21. The highest BCUT2D eigenvalue weighted by atomic mass is 16.5. The summed E-state index contributed by atoms with van der Waals surface area (Å²) in [6.07, 6.45) is 1.57. The number of benzene rings is 1. The molecule has 0 saturated heterocycles. The molecule has 21 heavy (non-hydrogen) atoms. The van der Waals surface area contributed by atoms with Crippen molar-refractivity contribution in [2.24, 2.45) is 0 Å². The maximum absolute atomic E-state index is 12.0. The molecule has 0 unspecified atom stereocenters. The van der Waals surface area contributed by atoms with Crippen molar-refractivity contribution in [2.45, 2.75) is 0 Å². The van der Waals surface area contributed by atoms with Gasteiger partial charge in [-0.2, -0.15) is 4.98 Å². The molecule has 0 N–H and O–H groups in total. The Morgan fingerprint density at radius 1 is 1.14 bits per heavy atom. The van der Waals surface area contributed by atoms with Gasteiger partial charge in [0, 0.05) is 12.3 Å². The van der Waals surface area contributed by atoms with Crippen LogP contribution in [-0.4, -0.2) is 24.2 Å². The van der Waals surface area contributed by atoms with E-state index in [0.29, 0.717) is 28.1 Å². The highest BCUT2D eigenvalue weighted by Gasteiger charge is 2.14. The molecule has 0 amide bonds. The lowest BCUT2D eigenvalue weighted by Gasteiger charge is -2.09. The molecule has 3 aromatic rings. The second kappa shape index (κ2) is 5.24. The maximum Gasteiger partial charge on any atom is 0.348 e. The molecule has 6 nitrogen and oxygen atoms in total. The summed E-state index contributed by atoms with van der Waals surface area (Å²) >= 11 is 0. The van der Waals surface area contributed by atoms with Crippen LogP contribution in [0, 0.1) is 0 Å². The molecule has 0 saturated carbocycles. The average molecular weight is 284 g/mol. The number of rotatable bonds is 3. The Hall–Kier alpha value is -2.89. The molecule has 0 aliphatic heterocycles. The lowest BCUT2D eigenvalue weighted by atomic mass is 10.2. The summed E-state index contributed by atoms with van der Waals surface area (Å²) in [5.41, 5.74) is 0.408. The van der Waals surface area contributed by atoms with E-state index in [9.17, 15) is 4.79 Å². The van der Waals surface area contributed by atoms with Crippen molar-refractivity contribution >= 4 is 11.0 Å². The molecule has 0 fully saturated rings. The molecule has 0 atom stereocenters. The van der Waals surface area contributed by atoms with E-state index in [0.717, 1.165) is 0 Å². The third-order valence-corrected chi connectivity index (χ3v) is 3.04. The first kappa shape index (κ1) is 13.1. The van der Waals surface area contributed by atoms with Crippen LogP contribution in [0.2, 0.25) is 0 Å². The minimum Gasteiger partial charge on any atom is -0.497 e. The number of fused-ring (bicyclic) bond motifs is 1. The molecule has 1 aromatic carbocycles. The fourth-order valence-corrected chi connectivity index (χ4v) is 2.00. The molecular weight excluding hydrogens is 272 g/mol. The highest BCUT2D eigenvalue weighted by molar-refractivity contribution is 5.75. The Morgan fingerprint density at radius 3 is 2.76 bits per heavy atom. The Bertz CT molecular complexity index is 858. The summed E-state index contributed by atoms with van der Waals surface area (Å²) < 4.78 is 15.7. The van der Waals surface area contributed by atoms with Gasteiger partial charge < -0.3 is 13.9 Å². The molecule has 2 heterocycles. The van der Waals surface area contributed by atoms with Gasteiger partial charge >= 0.3 is 5.63 Å². The van der Waals surface area contributed by atoms with E-state index in [4.69, 9.17) is 13.9 Å². The van der Waals surface area contributed by atoms with E-state index in [-0.39, 0.29) is 5.89 Å². The number of hydrogen-bond acceptors (Lipinski definition) is 6. The molecule has 3 rings (SSSR count). The quantitative estimate of drug-likeness (QED) is 0.734. The van der Waals surface area contributed by atoms with Crippen molar-refractivity contribution in [3.8, 4) is 23.0 Å². The van der Waals surface area contributed by atoms with Crippen molar-refractivity contribution in [1.29, 1.82) is 0 Å². The number of nitrogens with zero attached hydrogens (tertiary/aromatic N) is 2. The largest absolute Gasteiger partial charge is 0.497 e. The first-order chi connectivity index (χ1) is 10.2. The first-order valence-electron chi connectivity index (χ1n) is 6.21. The minimum absolute atomic E-state index is 0.158. The Labute approximate surface area is 120 Å². The van der Waals surface area contributed by atoms with Crippen LogP contribution in [0.1, 0.15) is 0 Å². The molecule has 0 aliphatic rings. The molecule has 6 heteroatoms. The average Bonchev–Trinajstić information content (AvgIpc) is 2.54. The minimum atomic E-state index is -0.485. The smallest absolute Gasteiger partial charge is 0.348 e. The normalized spacial score (nSPS) is 10.6. The third kappa shape index (κ3) is 2.31. The highest BCUT2D eigenvalue weighted by Crippen LogP contribution is 2.32. The zero-order chi connectivity index (χ0) is 14.8. The van der Waals surface area contributed by atoms with Gasteiger partial charge in [0.25, 0.3) is 0 Å². The Kier molecular flexibility index (Phi) is 3.27. The summed E-state index contributed by atoms with van der Waals surface area (Å²) in [5, 5.41) is 0.341. The fourth-order valence-electron chi connectivity index (χ4n) is 2.00. The van der Waals surface area contributed by atoms with Crippen LogP contribution < -0.4 is 15.1 Å². The van der Waals surface area contributed by atoms with Crippen molar-refractivity contribution < 1.29 is 13.9 Å². The molecule has 0 spiro atoms. The molecule has 2 aromatic heterocycles. The zero-order valence-electron chi connectivity index (χ0n) is 11.5. The van der Waals surface area contributed by atoms with Gasteiger partial charge in [-0.25, -0.2) is 9.78 Å². The SMILES string of the molecule is COc1ccc(-c2nc3ncccc3c(=O)o2)c(OC)c1. The summed E-state index contributed by atoms with van der Waals surface area (Å²) in [6.45, 7) is 0. The van der Waals surface area contributed by atoms with Gasteiger partial charge in [0.05, 0.1) is 19.8 Å². The van der Waals surface area contributed by atoms with E-state index in [1.165, 1.54) is 7.11 Å². The molecule has 0 radical (unpaired) electrons. The third-order valence-electron chi connectivity index (χ3n) is 3.04. The number of aromatic nitrogens is 2. The second-order valence-corrected chi connectivity index (χ2v) is 4.25. The van der Waals surface area contributed by atoms with E-state index < -0.39 is 5.63 Å². The lowest BCUT2D eigenvalue weighted by molar-refractivity contribution is 0.393. The maximum atomic E-state index is 12.0. The van der Waals surface area contributed by atoms with Crippen molar-refractivity contribution in [2.75, 3.05) is 14.2 Å². The van der Waals surface area contributed by atoms with Crippen LogP contribution >= 0.6 is 0 Å². The summed E-state index contributed by atoms with van der Waals surface area (Å²) in [5.74, 6) is 1.29. The van der Waals surface area contributed by atoms with E-state index in [1.807, 2.05) is 0 Å². The summed E-state index contributed by atoms with van der Waals surface area (Å²) in [6, 6.07) is 8.43. The van der Waals surface area contributed by atoms with Crippen molar-refractivity contribution in [3.63, 3.8) is 0 Å². The fraction of sp³-hybridized carbons (Fsp3) is 0.133. The Morgan fingerprint density at radius 2 is 2.00 bits per heavy atom. The zero-order valence-corrected chi connectivity index (χ0v) is 11.5. The van der Waals surface area contributed by atoms with Crippen LogP contribution in [-0.2, 0) is 0 Å². The van der Waals surface area contributed by atoms with Crippen LogP contribution in [0.25, 0.3) is 22.5 Å². The standard InChI is InChI=1S/C15H12N2O4/c1-19-9-5-6-10(12(8-9)20-2)14-17-13-11(15(18)21-14)4-3-7-16-13/h3-8H,1-2H3. The van der Waals surface area contributed by atoms with Gasteiger partial charge in [-0.15, -0.1) is 0 Å². The van der Waals surface area contributed by atoms with Gasteiger partial charge in [0.15, 0.2) is 5.65 Å². The Balaban J connectivity index is 2.23. The van der Waals surface area contributed by atoms with Gasteiger partial charge in [-0.3, -0.25) is 0 Å². The summed E-state index contributed by atoms with van der Waals surface area (Å²) in [7, 11) is 3.09. The predicted octanol–water partition coefficient (Wildman–Crippen LogP) is 2.27. The van der Waals surface area contributed by atoms with E-state index in [1.54, 1.807) is 43.6 Å². The van der Waals surface area contributed by atoms with E-state index in [2.05, 4.69) is 9.97 Å². The van der Waals surface area contributed by atoms with Gasteiger partial charge in [-0.05, 0) is 24.3 Å². The summed E-state index contributed by atoms with van der Waals surface area (Å²) in [4.78, 5) is 20.3. The number of pyridine rings is 1. The molecule has 106 valence electrons. The van der Waals surface area contributed by atoms with Crippen LogP contribution in [0.5, 0.6) is 11.5 Å². The number of hydrogen-bond donors (Lipinski definition) is 0. The lowest BCUT2D eigenvalue weighted by Crippen LogP contribution is -2.04. The van der Waals surface area contributed by atoms with Crippen LogP contribution in [0.3, 0.4) is 0 Å². The number of methoxy groups -OCH3 is 2. The number of ether oxygens (including phenoxy) is 2. The topological polar surface area (TPSA) is 74.5 Å².